The molecule has 3 unspecified atom stereocenters. The van der Waals surface area contributed by atoms with Crippen LogP contribution in [0.5, 0.6) is 0 Å². The maximum Gasteiger partial charge on any atom is 0.325 e. The molecule has 13 nitrogen and oxygen atoms in total. The van der Waals surface area contributed by atoms with E-state index in [1.54, 1.807) is 0 Å². The molecular formula is C13H20N4O9. The molecule has 0 aliphatic carbocycles. The second-order valence-electron chi connectivity index (χ2n) is 5.21. The summed E-state index contributed by atoms with van der Waals surface area (Å²) >= 11 is 0. The largest absolute Gasteiger partial charge is 0.481 e. The predicted octanol–water partition coefficient (Wildman–Crippen LogP) is -3.55. The average molecular weight is 376 g/mol. The number of nitrogens with one attached hydrogen (secondary N) is 3. The minimum Gasteiger partial charge on any atom is -0.481 e. The van der Waals surface area contributed by atoms with Gasteiger partial charge in [0.1, 0.15) is 12.1 Å². The summed E-state index contributed by atoms with van der Waals surface area (Å²) in [6.45, 7) is 0.531. The van der Waals surface area contributed by atoms with Crippen molar-refractivity contribution in [1.82, 2.24) is 16.0 Å². The Bertz CT molecular complexity index is 592. The van der Waals surface area contributed by atoms with Crippen molar-refractivity contribution in [3.05, 3.63) is 0 Å². The lowest BCUT2D eigenvalue weighted by atomic mass is 10.1. The third-order valence-electron chi connectivity index (χ3n) is 2.91. The normalized spacial score (nSPS) is 13.6. The van der Waals surface area contributed by atoms with Crippen LogP contribution in [0.15, 0.2) is 0 Å². The fourth-order valence-corrected chi connectivity index (χ4v) is 1.59. The van der Waals surface area contributed by atoms with Crippen molar-refractivity contribution >= 4 is 35.6 Å². The van der Waals surface area contributed by atoms with Crippen molar-refractivity contribution in [1.29, 1.82) is 0 Å². The highest BCUT2D eigenvalue weighted by Crippen LogP contribution is 1.96. The van der Waals surface area contributed by atoms with Crippen LogP contribution in [-0.2, 0) is 28.8 Å². The van der Waals surface area contributed by atoms with Gasteiger partial charge < -0.3 is 37.0 Å². The molecule has 0 radical (unpaired) electrons. The Balaban J connectivity index is 4.76. The number of carbonyl (C=O) groups is 6. The maximum absolute atomic E-state index is 11.9. The van der Waals surface area contributed by atoms with Gasteiger partial charge in [-0.1, -0.05) is 0 Å². The van der Waals surface area contributed by atoms with E-state index in [0.29, 0.717) is 0 Å². The first kappa shape index (κ1) is 22.8. The van der Waals surface area contributed by atoms with E-state index >= 15 is 0 Å². The van der Waals surface area contributed by atoms with Crippen LogP contribution in [0, 0.1) is 0 Å². The standard InChI is InChI=1S/C13H20N4O9/c1-5(13(25)26)16-8(18)4-15-12(24)7(3-10(21)22)17-11(23)6(14)2-9(19)20/h5-7H,2-4,14H2,1H3,(H,15,24)(H,16,18)(H,17,23)(H,19,20)(H,21,22)(H,25,26). The monoisotopic (exact) mass is 376 g/mol. The van der Waals surface area contributed by atoms with Crippen LogP contribution in [0.1, 0.15) is 19.8 Å². The van der Waals surface area contributed by atoms with Crippen LogP contribution >= 0.6 is 0 Å². The highest BCUT2D eigenvalue weighted by atomic mass is 16.4. The van der Waals surface area contributed by atoms with Gasteiger partial charge in [0.05, 0.1) is 25.4 Å². The van der Waals surface area contributed by atoms with Crippen molar-refractivity contribution in [3.63, 3.8) is 0 Å². The van der Waals surface area contributed by atoms with E-state index in [1.807, 2.05) is 10.6 Å². The topological polar surface area (TPSA) is 225 Å². The molecule has 8 N–H and O–H groups in total. The summed E-state index contributed by atoms with van der Waals surface area (Å²) < 4.78 is 0. The zero-order valence-corrected chi connectivity index (χ0v) is 13.7. The predicted molar refractivity (Wildman–Crippen MR) is 82.7 cm³/mol. The van der Waals surface area contributed by atoms with Gasteiger partial charge in [0.25, 0.3) is 0 Å². The summed E-state index contributed by atoms with van der Waals surface area (Å²) in [5.41, 5.74) is 5.31. The third-order valence-corrected chi connectivity index (χ3v) is 2.91. The van der Waals surface area contributed by atoms with E-state index in [9.17, 15) is 28.8 Å². The van der Waals surface area contributed by atoms with Gasteiger partial charge in [-0.3, -0.25) is 28.8 Å². The van der Waals surface area contributed by atoms with Gasteiger partial charge >= 0.3 is 17.9 Å². The molecule has 0 aromatic heterocycles. The van der Waals surface area contributed by atoms with Crippen LogP contribution in [0.4, 0.5) is 0 Å². The minimum atomic E-state index is -1.61. The lowest BCUT2D eigenvalue weighted by Crippen LogP contribution is -2.54. The van der Waals surface area contributed by atoms with Crippen molar-refractivity contribution < 1.29 is 44.1 Å². The molecule has 0 saturated heterocycles. The summed E-state index contributed by atoms with van der Waals surface area (Å²) in [5, 5.41) is 32.1. The smallest absolute Gasteiger partial charge is 0.325 e. The number of hydrogen-bond acceptors (Lipinski definition) is 7. The van der Waals surface area contributed by atoms with Crippen LogP contribution in [0.25, 0.3) is 0 Å². The number of carbonyl (C=O) groups excluding carboxylic acids is 3. The summed E-state index contributed by atoms with van der Waals surface area (Å²) in [7, 11) is 0. The summed E-state index contributed by atoms with van der Waals surface area (Å²) in [4.78, 5) is 67.0. The lowest BCUT2D eigenvalue weighted by molar-refractivity contribution is -0.142. The molecule has 13 heteroatoms. The van der Waals surface area contributed by atoms with Crippen LogP contribution < -0.4 is 21.7 Å². The van der Waals surface area contributed by atoms with E-state index in [4.69, 9.17) is 21.1 Å². The molecule has 0 aliphatic rings. The first-order chi connectivity index (χ1) is 11.9. The Labute approximate surface area is 146 Å². The van der Waals surface area contributed by atoms with Gasteiger partial charge in [-0.15, -0.1) is 0 Å². The fraction of sp³-hybridized carbons (Fsp3) is 0.538. The molecule has 0 aromatic rings. The Hall–Kier alpha value is -3.22. The highest BCUT2D eigenvalue weighted by molar-refractivity contribution is 5.95. The van der Waals surface area contributed by atoms with E-state index in [0.717, 1.165) is 0 Å². The quantitative estimate of drug-likeness (QED) is 0.188. The van der Waals surface area contributed by atoms with Gasteiger partial charge in [0.2, 0.25) is 17.7 Å². The summed E-state index contributed by atoms with van der Waals surface area (Å²) in [6, 6.07) is -4.32. The van der Waals surface area contributed by atoms with Gasteiger partial charge in [-0.2, -0.15) is 0 Å². The fourth-order valence-electron chi connectivity index (χ4n) is 1.59. The van der Waals surface area contributed by atoms with Gasteiger partial charge in [-0.25, -0.2) is 0 Å². The Kier molecular flexibility index (Phi) is 9.29. The van der Waals surface area contributed by atoms with Crippen molar-refractivity contribution in [2.45, 2.75) is 37.9 Å². The van der Waals surface area contributed by atoms with E-state index in [1.165, 1.54) is 6.92 Å². The molecule has 0 spiro atoms. The molecule has 0 saturated carbocycles. The molecule has 0 aliphatic heterocycles. The van der Waals surface area contributed by atoms with Gasteiger partial charge in [-0.05, 0) is 6.92 Å². The number of aliphatic carboxylic acids is 3. The molecule has 3 atom stereocenters. The Morgan fingerprint density at radius 1 is 0.885 bits per heavy atom. The zero-order valence-electron chi connectivity index (χ0n) is 13.7. The van der Waals surface area contributed by atoms with Gasteiger partial charge in [0, 0.05) is 0 Å². The van der Waals surface area contributed by atoms with Crippen LogP contribution in [-0.4, -0.2) is 75.6 Å². The number of carboxylic acids is 3. The number of hydrogen-bond donors (Lipinski definition) is 7. The first-order valence-electron chi connectivity index (χ1n) is 7.23. The van der Waals surface area contributed by atoms with E-state index in [2.05, 4.69) is 5.32 Å². The molecule has 0 bridgehead atoms. The lowest BCUT2D eigenvalue weighted by Gasteiger charge is -2.19. The number of carboxylic acid groups (broad SMARTS) is 3. The first-order valence-corrected chi connectivity index (χ1v) is 7.23. The highest BCUT2D eigenvalue weighted by Gasteiger charge is 2.27. The van der Waals surface area contributed by atoms with Gasteiger partial charge in [0.15, 0.2) is 0 Å². The molecule has 0 heterocycles. The van der Waals surface area contributed by atoms with E-state index < -0.39 is 73.1 Å². The molecule has 0 aromatic carbocycles. The van der Waals surface area contributed by atoms with Crippen molar-refractivity contribution in [2.75, 3.05) is 6.54 Å². The minimum absolute atomic E-state index is 0.663. The molecule has 26 heavy (non-hydrogen) atoms. The summed E-state index contributed by atoms with van der Waals surface area (Å²) in [6.07, 6.45) is -1.58. The SMILES string of the molecule is CC(NC(=O)CNC(=O)C(CC(=O)O)NC(=O)C(N)CC(=O)O)C(=O)O. The second-order valence-corrected chi connectivity index (χ2v) is 5.21. The third kappa shape index (κ3) is 9.17. The average Bonchev–Trinajstić information content (AvgIpc) is 2.50. The molecule has 146 valence electrons. The molecule has 0 fully saturated rings. The Morgan fingerprint density at radius 3 is 1.88 bits per heavy atom. The molecular weight excluding hydrogens is 356 g/mol. The second kappa shape index (κ2) is 10.6. The molecule has 0 rings (SSSR count). The van der Waals surface area contributed by atoms with Crippen molar-refractivity contribution in [3.8, 4) is 0 Å². The molecule has 3 amide bonds. The maximum atomic E-state index is 11.9. The van der Waals surface area contributed by atoms with Crippen LogP contribution in [0.3, 0.4) is 0 Å². The Morgan fingerprint density at radius 2 is 1.42 bits per heavy atom. The zero-order chi connectivity index (χ0) is 20.4. The number of amides is 3. The van der Waals surface area contributed by atoms with Crippen molar-refractivity contribution in [2.24, 2.45) is 5.73 Å². The number of nitrogens with two attached hydrogens (primary N) is 1. The summed E-state index contributed by atoms with van der Waals surface area (Å²) in [5.74, 6) is -7.05. The van der Waals surface area contributed by atoms with E-state index in [-0.39, 0.29) is 0 Å². The number of rotatable bonds is 11. The van der Waals surface area contributed by atoms with Crippen LogP contribution in [0.2, 0.25) is 0 Å².